The fraction of sp³-hybridized carbons (Fsp3) is 0.0833. The molecule has 0 saturated heterocycles. The Morgan fingerprint density at radius 3 is 2.75 bits per heavy atom. The summed E-state index contributed by atoms with van der Waals surface area (Å²) >= 11 is 5.92. The van der Waals surface area contributed by atoms with E-state index in [1.807, 2.05) is 12.1 Å². The van der Waals surface area contributed by atoms with Crippen LogP contribution < -0.4 is 4.74 Å². The van der Waals surface area contributed by atoms with Gasteiger partial charge in [0.1, 0.15) is 16.5 Å². The lowest BCUT2D eigenvalue weighted by Crippen LogP contribution is -1.91. The molecule has 0 radical (unpaired) electrons. The Morgan fingerprint density at radius 2 is 2.00 bits per heavy atom. The minimum Gasteiger partial charge on any atom is -0.455 e. The van der Waals surface area contributed by atoms with Crippen molar-refractivity contribution in [2.75, 3.05) is 0 Å². The van der Waals surface area contributed by atoms with Gasteiger partial charge in [0, 0.05) is 24.0 Å². The van der Waals surface area contributed by atoms with Crippen LogP contribution in [0.25, 0.3) is 0 Å². The summed E-state index contributed by atoms with van der Waals surface area (Å²) in [5.74, 6) is 1.12. The van der Waals surface area contributed by atoms with E-state index in [9.17, 15) is 0 Å². The zero-order valence-electron chi connectivity index (χ0n) is 8.43. The normalized spacial score (nSPS) is 10.1. The van der Waals surface area contributed by atoms with E-state index in [0.717, 1.165) is 5.56 Å². The van der Waals surface area contributed by atoms with Crippen molar-refractivity contribution in [2.24, 2.45) is 0 Å². The number of hydrogen-bond acceptors (Lipinski definition) is 3. The highest BCUT2D eigenvalue weighted by Crippen LogP contribution is 2.30. The molecule has 0 atom stereocenters. The third kappa shape index (κ3) is 2.32. The molecule has 2 aromatic rings. The summed E-state index contributed by atoms with van der Waals surface area (Å²) in [7, 11) is 0. The van der Waals surface area contributed by atoms with Crippen LogP contribution in [-0.2, 0) is 6.61 Å². The number of benzene rings is 1. The number of aliphatic hydroxyl groups is 1. The topological polar surface area (TPSA) is 42.4 Å². The van der Waals surface area contributed by atoms with Gasteiger partial charge in [-0.15, -0.1) is 0 Å². The molecule has 0 aliphatic carbocycles. The second kappa shape index (κ2) is 4.96. The van der Waals surface area contributed by atoms with Crippen molar-refractivity contribution in [2.45, 2.75) is 6.61 Å². The molecule has 2 rings (SSSR count). The van der Waals surface area contributed by atoms with E-state index in [4.69, 9.17) is 21.4 Å². The summed E-state index contributed by atoms with van der Waals surface area (Å²) in [5, 5.41) is 9.58. The number of pyridine rings is 1. The fourth-order valence-corrected chi connectivity index (χ4v) is 1.46. The molecule has 82 valence electrons. The van der Waals surface area contributed by atoms with Crippen LogP contribution >= 0.6 is 11.6 Å². The lowest BCUT2D eigenvalue weighted by molar-refractivity contribution is 0.276. The smallest absolute Gasteiger partial charge is 0.149 e. The third-order valence-electron chi connectivity index (χ3n) is 2.10. The van der Waals surface area contributed by atoms with Crippen LogP contribution in [0, 0.1) is 0 Å². The summed E-state index contributed by atoms with van der Waals surface area (Å²) in [4.78, 5) is 3.87. The average molecular weight is 236 g/mol. The molecule has 16 heavy (non-hydrogen) atoms. The molecule has 0 spiro atoms. The first-order valence-electron chi connectivity index (χ1n) is 4.77. The summed E-state index contributed by atoms with van der Waals surface area (Å²) < 4.78 is 5.60. The van der Waals surface area contributed by atoms with E-state index in [0.29, 0.717) is 16.5 Å². The van der Waals surface area contributed by atoms with E-state index in [1.165, 1.54) is 6.20 Å². The number of aromatic nitrogens is 1. The van der Waals surface area contributed by atoms with Crippen LogP contribution in [0.5, 0.6) is 11.5 Å². The van der Waals surface area contributed by atoms with Crippen LogP contribution in [0.15, 0.2) is 42.7 Å². The number of hydrogen-bond donors (Lipinski definition) is 1. The van der Waals surface area contributed by atoms with Crippen molar-refractivity contribution in [3.05, 3.63) is 53.3 Å². The highest BCUT2D eigenvalue weighted by atomic mass is 35.5. The molecule has 1 N–H and O–H groups in total. The van der Waals surface area contributed by atoms with E-state index in [1.54, 1.807) is 24.4 Å². The molecule has 1 aromatic carbocycles. The molecular formula is C12H10ClNO2. The van der Waals surface area contributed by atoms with Gasteiger partial charge in [-0.25, -0.2) is 0 Å². The van der Waals surface area contributed by atoms with Crippen molar-refractivity contribution in [1.82, 2.24) is 4.98 Å². The van der Waals surface area contributed by atoms with Gasteiger partial charge in [0.15, 0.2) is 0 Å². The first-order chi connectivity index (χ1) is 7.81. The molecule has 1 heterocycles. The lowest BCUT2D eigenvalue weighted by atomic mass is 10.2. The second-order valence-electron chi connectivity index (χ2n) is 3.17. The van der Waals surface area contributed by atoms with Crippen LogP contribution in [0.1, 0.15) is 5.56 Å². The average Bonchev–Trinajstić information content (AvgIpc) is 2.33. The van der Waals surface area contributed by atoms with E-state index in [2.05, 4.69) is 4.98 Å². The molecule has 0 aliphatic heterocycles. The molecular weight excluding hydrogens is 226 g/mol. The van der Waals surface area contributed by atoms with Gasteiger partial charge in [-0.1, -0.05) is 29.8 Å². The van der Waals surface area contributed by atoms with Crippen molar-refractivity contribution < 1.29 is 9.84 Å². The third-order valence-corrected chi connectivity index (χ3v) is 2.38. The molecule has 0 fully saturated rings. The quantitative estimate of drug-likeness (QED) is 0.889. The molecule has 4 heteroatoms. The Balaban J connectivity index is 2.30. The van der Waals surface area contributed by atoms with Gasteiger partial charge < -0.3 is 9.84 Å². The SMILES string of the molecule is OCc1ccccc1Oc1ccncc1Cl. The zero-order valence-corrected chi connectivity index (χ0v) is 9.19. The van der Waals surface area contributed by atoms with Crippen molar-refractivity contribution in [3.8, 4) is 11.5 Å². The van der Waals surface area contributed by atoms with E-state index < -0.39 is 0 Å². The Hall–Kier alpha value is -1.58. The zero-order chi connectivity index (χ0) is 11.4. The van der Waals surface area contributed by atoms with Crippen molar-refractivity contribution >= 4 is 11.6 Å². The van der Waals surface area contributed by atoms with Crippen LogP contribution in [0.4, 0.5) is 0 Å². The Kier molecular flexibility index (Phi) is 3.39. The number of para-hydroxylation sites is 1. The monoisotopic (exact) mass is 235 g/mol. The maximum absolute atomic E-state index is 9.14. The number of ether oxygens (including phenoxy) is 1. The van der Waals surface area contributed by atoms with E-state index in [-0.39, 0.29) is 6.61 Å². The highest BCUT2D eigenvalue weighted by Gasteiger charge is 2.05. The Labute approximate surface area is 98.3 Å². The minimum atomic E-state index is -0.0706. The number of rotatable bonds is 3. The summed E-state index contributed by atoms with van der Waals surface area (Å²) in [6, 6.07) is 8.93. The van der Waals surface area contributed by atoms with Crippen molar-refractivity contribution in [1.29, 1.82) is 0 Å². The van der Waals surface area contributed by atoms with Gasteiger partial charge in [0.05, 0.1) is 6.61 Å². The minimum absolute atomic E-state index is 0.0706. The number of halogens is 1. The predicted molar refractivity (Wildman–Crippen MR) is 61.7 cm³/mol. The summed E-state index contributed by atoms with van der Waals surface area (Å²) in [6.07, 6.45) is 3.11. The van der Waals surface area contributed by atoms with Gasteiger partial charge in [-0.3, -0.25) is 4.98 Å². The predicted octanol–water partition coefficient (Wildman–Crippen LogP) is 3.02. The maximum atomic E-state index is 9.14. The first-order valence-corrected chi connectivity index (χ1v) is 5.15. The molecule has 0 aliphatic rings. The van der Waals surface area contributed by atoms with Gasteiger partial charge in [-0.2, -0.15) is 0 Å². The Morgan fingerprint density at radius 1 is 1.19 bits per heavy atom. The van der Waals surface area contributed by atoms with Crippen LogP contribution in [-0.4, -0.2) is 10.1 Å². The van der Waals surface area contributed by atoms with Crippen LogP contribution in [0.2, 0.25) is 5.02 Å². The van der Waals surface area contributed by atoms with E-state index >= 15 is 0 Å². The molecule has 0 amide bonds. The largest absolute Gasteiger partial charge is 0.455 e. The molecule has 1 aromatic heterocycles. The first kappa shape index (κ1) is 10.9. The van der Waals surface area contributed by atoms with Gasteiger partial charge in [-0.05, 0) is 6.07 Å². The van der Waals surface area contributed by atoms with Gasteiger partial charge in [0.25, 0.3) is 0 Å². The fourth-order valence-electron chi connectivity index (χ4n) is 1.30. The molecule has 3 nitrogen and oxygen atoms in total. The second-order valence-corrected chi connectivity index (χ2v) is 3.58. The standard InChI is InChI=1S/C12H10ClNO2/c13-10-7-14-6-5-12(10)16-11-4-2-1-3-9(11)8-15/h1-7,15H,8H2. The number of nitrogens with zero attached hydrogens (tertiary/aromatic N) is 1. The van der Waals surface area contributed by atoms with Crippen LogP contribution in [0.3, 0.4) is 0 Å². The molecule has 0 bridgehead atoms. The highest BCUT2D eigenvalue weighted by molar-refractivity contribution is 6.31. The summed E-state index contributed by atoms with van der Waals surface area (Å²) in [6.45, 7) is -0.0706. The lowest BCUT2D eigenvalue weighted by Gasteiger charge is -2.09. The summed E-state index contributed by atoms with van der Waals surface area (Å²) in [5.41, 5.74) is 0.718. The Bertz CT molecular complexity index is 488. The maximum Gasteiger partial charge on any atom is 0.149 e. The van der Waals surface area contributed by atoms with Gasteiger partial charge >= 0.3 is 0 Å². The molecule has 0 unspecified atom stereocenters. The number of aliphatic hydroxyl groups excluding tert-OH is 1. The molecule has 0 saturated carbocycles. The van der Waals surface area contributed by atoms with Gasteiger partial charge in [0.2, 0.25) is 0 Å². The van der Waals surface area contributed by atoms with Crippen molar-refractivity contribution in [3.63, 3.8) is 0 Å².